The Hall–Kier alpha value is -2.94. The van der Waals surface area contributed by atoms with Crippen molar-refractivity contribution in [3.05, 3.63) is 55.2 Å². The molecule has 0 N–H and O–H groups in total. The molecule has 4 rings (SSSR count). The monoisotopic (exact) mass is 381 g/mol. The number of hydrogen-bond acceptors (Lipinski definition) is 7. The molecule has 8 nitrogen and oxygen atoms in total. The number of para-hydroxylation sites is 1. The van der Waals surface area contributed by atoms with Gasteiger partial charge in [0.25, 0.3) is 0 Å². The molecule has 0 spiro atoms. The number of piperazine rings is 1. The molecule has 3 aromatic rings. The van der Waals surface area contributed by atoms with Gasteiger partial charge in [-0.2, -0.15) is 0 Å². The number of amides is 1. The molecule has 0 atom stereocenters. The first-order chi connectivity index (χ1) is 13.3. The zero-order valence-corrected chi connectivity index (χ0v) is 15.5. The summed E-state index contributed by atoms with van der Waals surface area (Å²) >= 11 is 1.36. The van der Waals surface area contributed by atoms with Crippen LogP contribution in [0.5, 0.6) is 0 Å². The standard InChI is InChI=1S/C18H19N7OS/c26-17(24-10-8-23(9-11-24)16-12-19-6-7-20-16)13-27-18-21-14-25(22-18)15-4-2-1-3-5-15/h1-7,12,14H,8-11,13H2. The van der Waals surface area contributed by atoms with Crippen LogP contribution in [0.2, 0.25) is 0 Å². The van der Waals surface area contributed by atoms with E-state index in [9.17, 15) is 4.79 Å². The molecule has 1 aromatic carbocycles. The number of benzene rings is 1. The second-order valence-corrected chi connectivity index (χ2v) is 6.97. The third-order valence-electron chi connectivity index (χ3n) is 4.32. The normalized spacial score (nSPS) is 14.4. The summed E-state index contributed by atoms with van der Waals surface area (Å²) in [5, 5.41) is 5.03. The molecule has 2 aromatic heterocycles. The molecule has 1 amide bonds. The number of nitrogens with zero attached hydrogens (tertiary/aromatic N) is 7. The summed E-state index contributed by atoms with van der Waals surface area (Å²) in [5.74, 6) is 1.30. The van der Waals surface area contributed by atoms with E-state index in [0.29, 0.717) is 24.0 Å². The first-order valence-corrected chi connectivity index (χ1v) is 9.67. The first-order valence-electron chi connectivity index (χ1n) is 8.68. The van der Waals surface area contributed by atoms with E-state index in [2.05, 4.69) is 25.0 Å². The summed E-state index contributed by atoms with van der Waals surface area (Å²) < 4.78 is 1.71. The van der Waals surface area contributed by atoms with Crippen LogP contribution in [-0.4, -0.2) is 67.5 Å². The third kappa shape index (κ3) is 4.25. The van der Waals surface area contributed by atoms with Crippen LogP contribution >= 0.6 is 11.8 Å². The minimum absolute atomic E-state index is 0.106. The highest BCUT2D eigenvalue weighted by atomic mass is 32.2. The number of aromatic nitrogens is 5. The quantitative estimate of drug-likeness (QED) is 0.620. The Morgan fingerprint density at radius 1 is 1.04 bits per heavy atom. The molecular weight excluding hydrogens is 362 g/mol. The lowest BCUT2D eigenvalue weighted by atomic mass is 10.3. The number of thioether (sulfide) groups is 1. The number of rotatable bonds is 5. The van der Waals surface area contributed by atoms with Gasteiger partial charge in [-0.1, -0.05) is 30.0 Å². The number of carbonyl (C=O) groups is 1. The van der Waals surface area contributed by atoms with Gasteiger partial charge in [-0.15, -0.1) is 5.10 Å². The average Bonchev–Trinajstić information content (AvgIpc) is 3.22. The Kier molecular flexibility index (Phi) is 5.29. The largest absolute Gasteiger partial charge is 0.352 e. The van der Waals surface area contributed by atoms with Gasteiger partial charge in [0.05, 0.1) is 17.6 Å². The van der Waals surface area contributed by atoms with Crippen molar-refractivity contribution in [3.8, 4) is 5.69 Å². The van der Waals surface area contributed by atoms with Gasteiger partial charge in [0.15, 0.2) is 0 Å². The summed E-state index contributed by atoms with van der Waals surface area (Å²) in [6.07, 6.45) is 6.77. The summed E-state index contributed by atoms with van der Waals surface area (Å²) in [7, 11) is 0. The fourth-order valence-corrected chi connectivity index (χ4v) is 3.58. The Morgan fingerprint density at radius 3 is 2.59 bits per heavy atom. The smallest absolute Gasteiger partial charge is 0.233 e. The van der Waals surface area contributed by atoms with E-state index in [1.165, 1.54) is 11.8 Å². The fourth-order valence-electron chi connectivity index (χ4n) is 2.88. The van der Waals surface area contributed by atoms with E-state index in [-0.39, 0.29) is 5.91 Å². The fraction of sp³-hybridized carbons (Fsp3) is 0.278. The molecule has 0 unspecified atom stereocenters. The highest BCUT2D eigenvalue weighted by Gasteiger charge is 2.22. The Balaban J connectivity index is 1.27. The van der Waals surface area contributed by atoms with E-state index >= 15 is 0 Å². The molecule has 138 valence electrons. The maximum Gasteiger partial charge on any atom is 0.233 e. The van der Waals surface area contributed by atoms with Gasteiger partial charge in [0.2, 0.25) is 11.1 Å². The molecule has 3 heterocycles. The van der Waals surface area contributed by atoms with E-state index in [4.69, 9.17) is 0 Å². The predicted octanol–water partition coefficient (Wildman–Crippen LogP) is 1.50. The van der Waals surface area contributed by atoms with Crippen LogP contribution in [0.4, 0.5) is 5.82 Å². The minimum Gasteiger partial charge on any atom is -0.352 e. The van der Waals surface area contributed by atoms with Crippen LogP contribution in [0, 0.1) is 0 Å². The minimum atomic E-state index is 0.106. The van der Waals surface area contributed by atoms with Crippen molar-refractivity contribution in [2.24, 2.45) is 0 Å². The van der Waals surface area contributed by atoms with Crippen molar-refractivity contribution in [2.75, 3.05) is 36.8 Å². The molecule has 1 aliphatic rings. The number of hydrogen-bond donors (Lipinski definition) is 0. The van der Waals surface area contributed by atoms with Crippen LogP contribution in [0.15, 0.2) is 60.4 Å². The van der Waals surface area contributed by atoms with Gasteiger partial charge in [0, 0.05) is 38.6 Å². The van der Waals surface area contributed by atoms with Gasteiger partial charge < -0.3 is 9.80 Å². The lowest BCUT2D eigenvalue weighted by Crippen LogP contribution is -2.49. The van der Waals surface area contributed by atoms with Gasteiger partial charge in [-0.25, -0.2) is 14.6 Å². The second-order valence-electron chi connectivity index (χ2n) is 6.03. The SMILES string of the molecule is O=C(CSc1ncn(-c2ccccc2)n1)N1CCN(c2cnccn2)CC1. The Bertz CT molecular complexity index is 879. The molecule has 1 saturated heterocycles. The first kappa shape index (κ1) is 17.5. The van der Waals surface area contributed by atoms with Gasteiger partial charge in [0.1, 0.15) is 12.1 Å². The van der Waals surface area contributed by atoms with Gasteiger partial charge in [-0.3, -0.25) is 9.78 Å². The third-order valence-corrected chi connectivity index (χ3v) is 5.16. The molecule has 0 aliphatic carbocycles. The van der Waals surface area contributed by atoms with Crippen LogP contribution in [0.25, 0.3) is 5.69 Å². The molecule has 0 radical (unpaired) electrons. The molecule has 0 bridgehead atoms. The Morgan fingerprint density at radius 2 is 1.85 bits per heavy atom. The van der Waals surface area contributed by atoms with Crippen molar-refractivity contribution in [3.63, 3.8) is 0 Å². The van der Waals surface area contributed by atoms with E-state index < -0.39 is 0 Å². The zero-order valence-electron chi connectivity index (χ0n) is 14.7. The highest BCUT2D eigenvalue weighted by Crippen LogP contribution is 2.16. The van der Waals surface area contributed by atoms with Crippen LogP contribution in [0.1, 0.15) is 0 Å². The maximum absolute atomic E-state index is 12.5. The van der Waals surface area contributed by atoms with Crippen LogP contribution in [0.3, 0.4) is 0 Å². The van der Waals surface area contributed by atoms with E-state index in [1.807, 2.05) is 35.2 Å². The van der Waals surface area contributed by atoms with Crippen LogP contribution in [-0.2, 0) is 4.79 Å². The second kappa shape index (κ2) is 8.17. The molecule has 0 saturated carbocycles. The number of anilines is 1. The Labute approximate surface area is 161 Å². The molecule has 9 heteroatoms. The van der Waals surface area contributed by atoms with Crippen molar-refractivity contribution >= 4 is 23.5 Å². The molecular formula is C18H19N7OS. The summed E-state index contributed by atoms with van der Waals surface area (Å²) in [4.78, 5) is 29.2. The number of carbonyl (C=O) groups excluding carboxylic acids is 1. The summed E-state index contributed by atoms with van der Waals surface area (Å²) in [6, 6.07) is 9.79. The van der Waals surface area contributed by atoms with Gasteiger partial charge >= 0.3 is 0 Å². The zero-order chi connectivity index (χ0) is 18.5. The highest BCUT2D eigenvalue weighted by molar-refractivity contribution is 7.99. The van der Waals surface area contributed by atoms with Crippen molar-refractivity contribution in [1.82, 2.24) is 29.6 Å². The predicted molar refractivity (Wildman–Crippen MR) is 103 cm³/mol. The van der Waals surface area contributed by atoms with Crippen LogP contribution < -0.4 is 4.90 Å². The lowest BCUT2D eigenvalue weighted by molar-refractivity contribution is -0.128. The van der Waals surface area contributed by atoms with Crippen molar-refractivity contribution in [2.45, 2.75) is 5.16 Å². The summed E-state index contributed by atoms with van der Waals surface area (Å²) in [6.45, 7) is 2.88. The van der Waals surface area contributed by atoms with Gasteiger partial charge in [-0.05, 0) is 12.1 Å². The molecule has 27 heavy (non-hydrogen) atoms. The molecule has 1 aliphatic heterocycles. The molecule has 1 fully saturated rings. The van der Waals surface area contributed by atoms with E-state index in [0.717, 1.165) is 24.6 Å². The average molecular weight is 381 g/mol. The van der Waals surface area contributed by atoms with Crippen molar-refractivity contribution in [1.29, 1.82) is 0 Å². The van der Waals surface area contributed by atoms with Crippen molar-refractivity contribution < 1.29 is 4.79 Å². The topological polar surface area (TPSA) is 80.0 Å². The summed E-state index contributed by atoms with van der Waals surface area (Å²) in [5.41, 5.74) is 0.948. The lowest BCUT2D eigenvalue weighted by Gasteiger charge is -2.35. The van der Waals surface area contributed by atoms with E-state index in [1.54, 1.807) is 29.6 Å². The maximum atomic E-state index is 12.5.